The molecule has 2 heterocycles. The van der Waals surface area contributed by atoms with E-state index in [0.717, 1.165) is 10.8 Å². The molecule has 0 radical (unpaired) electrons. The summed E-state index contributed by atoms with van der Waals surface area (Å²) in [7, 11) is 0.272. The van der Waals surface area contributed by atoms with Gasteiger partial charge in [-0.3, -0.25) is 15.3 Å². The molecule has 3 unspecified atom stereocenters. The molecule has 30 heavy (non-hydrogen) atoms. The lowest BCUT2D eigenvalue weighted by Gasteiger charge is -2.41. The third-order valence-electron chi connectivity index (χ3n) is 4.38. The number of aliphatic hydroxyl groups is 8. The number of rotatable bonds is 7. The fourth-order valence-electron chi connectivity index (χ4n) is 2.72. The zero-order valence-corrected chi connectivity index (χ0v) is 15.3. The third kappa shape index (κ3) is 4.30. The van der Waals surface area contributed by atoms with Gasteiger partial charge in [0.05, 0.1) is 0 Å². The molecule has 2 rings (SSSR count). The summed E-state index contributed by atoms with van der Waals surface area (Å²) in [6, 6.07) is 1.19. The van der Waals surface area contributed by atoms with E-state index >= 15 is 0 Å². The van der Waals surface area contributed by atoms with Crippen LogP contribution in [0.3, 0.4) is 0 Å². The maximum atomic E-state index is 12.1. The summed E-state index contributed by atoms with van der Waals surface area (Å²) in [4.78, 5) is 27.4. The van der Waals surface area contributed by atoms with Crippen LogP contribution in [-0.4, -0.2) is 98.8 Å². The van der Waals surface area contributed by atoms with Crippen molar-refractivity contribution in [3.05, 3.63) is 22.7 Å². The van der Waals surface area contributed by atoms with E-state index < -0.39 is 47.2 Å². The van der Waals surface area contributed by atoms with Crippen LogP contribution < -0.4 is 11.2 Å². The molecular formula is C13H20BN3O13. The van der Waals surface area contributed by atoms with Crippen molar-refractivity contribution in [1.29, 1.82) is 0 Å². The van der Waals surface area contributed by atoms with Gasteiger partial charge in [-0.15, -0.1) is 0 Å². The van der Waals surface area contributed by atoms with Crippen LogP contribution >= 0.6 is 0 Å². The number of hydrogen-bond donors (Lipinski definition) is 10. The highest BCUT2D eigenvalue weighted by Crippen LogP contribution is 2.35. The van der Waals surface area contributed by atoms with Gasteiger partial charge in [-0.2, -0.15) is 4.98 Å². The van der Waals surface area contributed by atoms with Crippen molar-refractivity contribution in [2.45, 2.75) is 48.4 Å². The van der Waals surface area contributed by atoms with E-state index in [1.165, 1.54) is 6.07 Å². The van der Waals surface area contributed by atoms with E-state index in [4.69, 9.17) is 25.3 Å². The van der Waals surface area contributed by atoms with Gasteiger partial charge in [0.25, 0.3) is 5.60 Å². The second-order valence-corrected chi connectivity index (χ2v) is 6.69. The lowest BCUT2D eigenvalue weighted by Crippen LogP contribution is -2.74. The number of nitrogens with one attached hydrogen (secondary N) is 1. The molecule has 1 aromatic heterocycles. The topological polar surface area (TPSA) is 265 Å². The second-order valence-electron chi connectivity index (χ2n) is 6.69. The first-order valence-corrected chi connectivity index (χ1v) is 8.21. The summed E-state index contributed by atoms with van der Waals surface area (Å²) >= 11 is 0. The average Bonchev–Trinajstić information content (AvgIpc) is 3.09. The number of ether oxygens (including phenoxy) is 2. The van der Waals surface area contributed by atoms with Crippen molar-refractivity contribution in [3.8, 4) is 0 Å². The normalized spacial score (nSPS) is 22.4. The number of carbonyl (C=O) groups is 1. The Bertz CT molecular complexity index is 832. The molecule has 1 aromatic rings. The Morgan fingerprint density at radius 3 is 2.27 bits per heavy atom. The van der Waals surface area contributed by atoms with Crippen LogP contribution in [0.2, 0.25) is 0 Å². The molecule has 0 saturated carbocycles. The summed E-state index contributed by atoms with van der Waals surface area (Å²) < 4.78 is 10.3. The van der Waals surface area contributed by atoms with Crippen LogP contribution in [0, 0.1) is 0 Å². The molecular weight excluding hydrogens is 417 g/mol. The van der Waals surface area contributed by atoms with Crippen molar-refractivity contribution in [1.82, 2.24) is 9.55 Å². The van der Waals surface area contributed by atoms with Crippen molar-refractivity contribution in [3.63, 3.8) is 0 Å². The lowest BCUT2D eigenvalue weighted by atomic mass is 9.76. The molecule has 0 aliphatic carbocycles. The molecule has 168 valence electrons. The number of carbonyl (C=O) groups excluding carboxylic acids is 1. The fraction of sp³-hybridized carbons (Fsp3) is 0.615. The minimum atomic E-state index is -4.47. The summed E-state index contributed by atoms with van der Waals surface area (Å²) in [6.45, 7) is 0. The highest BCUT2D eigenvalue weighted by Gasteiger charge is 2.67. The molecule has 1 saturated heterocycles. The predicted molar refractivity (Wildman–Crippen MR) is 90.4 cm³/mol. The molecule has 3 atom stereocenters. The van der Waals surface area contributed by atoms with Gasteiger partial charge in [0, 0.05) is 6.20 Å². The van der Waals surface area contributed by atoms with Crippen LogP contribution in [0.25, 0.3) is 0 Å². The maximum Gasteiger partial charge on any atom is 0.356 e. The molecule has 0 amide bonds. The summed E-state index contributed by atoms with van der Waals surface area (Å²) in [5, 5.41) is 85.0. The minimum Gasteiger partial charge on any atom is -0.403 e. The predicted octanol–water partition coefficient (Wildman–Crippen LogP) is -6.46. The first kappa shape index (κ1) is 24.1. The van der Waals surface area contributed by atoms with E-state index in [1.807, 2.05) is 0 Å². The van der Waals surface area contributed by atoms with E-state index in [9.17, 15) is 35.1 Å². The van der Waals surface area contributed by atoms with Gasteiger partial charge < -0.3 is 50.3 Å². The Hall–Kier alpha value is -2.19. The Balaban J connectivity index is 2.20. The SMILES string of the molecule is BC(O)(O)C(O)(C(=O)OC(O)(O)C1CCC(n2ccc(NO)nc2=O)O1)C(O)(O)O. The van der Waals surface area contributed by atoms with Crippen molar-refractivity contribution < 1.29 is 60.3 Å². The molecule has 17 heteroatoms. The standard InChI is InChI=1S/C13H20BN3O13/c14-12(23,24)10(20,13(25,26)27)8(18)30-11(21,22)5-1-2-7(29-5)17-4-3-6(16-28)15-9(17)19/h3-5,7,20-28H,1-2,14H2,(H,15,16,19). The van der Waals surface area contributed by atoms with Crippen LogP contribution in [0.1, 0.15) is 19.1 Å². The zero-order chi connectivity index (χ0) is 23.1. The van der Waals surface area contributed by atoms with E-state index in [-0.39, 0.29) is 26.5 Å². The average molecular weight is 437 g/mol. The quantitative estimate of drug-likeness (QED) is 0.0822. The van der Waals surface area contributed by atoms with Gasteiger partial charge >= 0.3 is 23.6 Å². The third-order valence-corrected chi connectivity index (χ3v) is 4.38. The van der Waals surface area contributed by atoms with E-state index in [2.05, 4.69) is 9.72 Å². The molecule has 10 N–H and O–H groups in total. The van der Waals surface area contributed by atoms with Crippen LogP contribution in [0.4, 0.5) is 5.82 Å². The molecule has 0 spiro atoms. The smallest absolute Gasteiger partial charge is 0.356 e. The number of esters is 1. The van der Waals surface area contributed by atoms with Crippen molar-refractivity contribution in [2.24, 2.45) is 0 Å². The van der Waals surface area contributed by atoms with Crippen LogP contribution in [0.5, 0.6) is 0 Å². The van der Waals surface area contributed by atoms with Gasteiger partial charge in [-0.1, -0.05) is 0 Å². The molecule has 16 nitrogen and oxygen atoms in total. The number of aromatic nitrogens is 2. The molecule has 0 bridgehead atoms. The summed E-state index contributed by atoms with van der Waals surface area (Å²) in [6.07, 6.45) is -2.04. The fourth-order valence-corrected chi connectivity index (χ4v) is 2.72. The Kier molecular flexibility index (Phi) is 6.28. The van der Waals surface area contributed by atoms with Crippen molar-refractivity contribution in [2.75, 3.05) is 5.48 Å². The Morgan fingerprint density at radius 1 is 1.20 bits per heavy atom. The first-order chi connectivity index (χ1) is 13.5. The molecule has 0 aromatic carbocycles. The number of hydrogen-bond acceptors (Lipinski definition) is 15. The Labute approximate surface area is 167 Å². The van der Waals surface area contributed by atoms with Gasteiger partial charge in [-0.25, -0.2) is 9.59 Å². The monoisotopic (exact) mass is 437 g/mol. The van der Waals surface area contributed by atoms with Crippen LogP contribution in [0.15, 0.2) is 17.1 Å². The van der Waals surface area contributed by atoms with E-state index in [0.29, 0.717) is 0 Å². The number of nitrogens with zero attached hydrogens (tertiary/aromatic N) is 2. The summed E-state index contributed by atoms with van der Waals surface area (Å²) in [5.74, 6) is -10.7. The molecule has 1 fully saturated rings. The van der Waals surface area contributed by atoms with Gasteiger partial charge in [0.2, 0.25) is 0 Å². The lowest BCUT2D eigenvalue weighted by molar-refractivity contribution is -0.433. The van der Waals surface area contributed by atoms with Gasteiger partial charge in [-0.05, 0) is 18.9 Å². The Morgan fingerprint density at radius 2 is 1.80 bits per heavy atom. The number of anilines is 1. The largest absolute Gasteiger partial charge is 0.403 e. The second kappa shape index (κ2) is 7.82. The van der Waals surface area contributed by atoms with Crippen molar-refractivity contribution >= 4 is 19.6 Å². The zero-order valence-electron chi connectivity index (χ0n) is 15.3. The maximum absolute atomic E-state index is 12.1. The molecule has 1 aliphatic heterocycles. The minimum absolute atomic E-state index is 0.0372. The van der Waals surface area contributed by atoms with E-state index in [1.54, 1.807) is 5.48 Å². The van der Waals surface area contributed by atoms with Gasteiger partial charge in [0.15, 0.2) is 25.5 Å². The summed E-state index contributed by atoms with van der Waals surface area (Å²) in [5.41, 5.74) is -7.23. The van der Waals surface area contributed by atoms with Gasteiger partial charge in [0.1, 0.15) is 6.23 Å². The molecule has 1 aliphatic rings. The first-order valence-electron chi connectivity index (χ1n) is 8.21. The van der Waals surface area contributed by atoms with Crippen LogP contribution in [-0.2, 0) is 14.3 Å². The highest BCUT2D eigenvalue weighted by molar-refractivity contribution is 6.16. The highest BCUT2D eigenvalue weighted by atomic mass is 16.8.